The summed E-state index contributed by atoms with van der Waals surface area (Å²) in [6.45, 7) is 0. The van der Waals surface area contributed by atoms with Crippen molar-refractivity contribution in [3.63, 3.8) is 0 Å². The molecule has 1 heterocycles. The molecular formula is C13H18N2O3. The highest BCUT2D eigenvalue weighted by Gasteiger charge is 2.41. The second-order valence-electron chi connectivity index (χ2n) is 5.27. The Morgan fingerprint density at radius 3 is 2.72 bits per heavy atom. The molecule has 0 aliphatic heterocycles. The molecule has 2 aliphatic carbocycles. The van der Waals surface area contributed by atoms with E-state index in [0.29, 0.717) is 18.1 Å². The Morgan fingerprint density at radius 1 is 1.33 bits per heavy atom. The number of nitrogens with zero attached hydrogens (tertiary/aromatic N) is 2. The molecule has 0 radical (unpaired) electrons. The monoisotopic (exact) mass is 250 g/mol. The molecule has 1 atom stereocenters. The zero-order valence-corrected chi connectivity index (χ0v) is 10.6. The van der Waals surface area contributed by atoms with E-state index in [4.69, 9.17) is 9.26 Å². The highest BCUT2D eigenvalue weighted by atomic mass is 16.5. The van der Waals surface area contributed by atoms with Crippen molar-refractivity contribution in [2.75, 3.05) is 7.11 Å². The lowest BCUT2D eigenvalue weighted by molar-refractivity contribution is -0.119. The molecule has 1 aromatic heterocycles. The summed E-state index contributed by atoms with van der Waals surface area (Å²) in [6.07, 6.45) is 6.51. The Kier molecular flexibility index (Phi) is 2.93. The number of aromatic nitrogens is 2. The van der Waals surface area contributed by atoms with Crippen LogP contribution >= 0.6 is 0 Å². The fourth-order valence-electron chi connectivity index (χ4n) is 3.10. The maximum atomic E-state index is 11.7. The van der Waals surface area contributed by atoms with Crippen molar-refractivity contribution < 1.29 is 14.1 Å². The van der Waals surface area contributed by atoms with E-state index in [1.807, 2.05) is 0 Å². The maximum absolute atomic E-state index is 11.7. The van der Waals surface area contributed by atoms with Crippen LogP contribution in [0.5, 0.6) is 0 Å². The van der Waals surface area contributed by atoms with E-state index in [-0.39, 0.29) is 17.3 Å². The molecule has 5 nitrogen and oxygen atoms in total. The van der Waals surface area contributed by atoms with Gasteiger partial charge in [-0.1, -0.05) is 5.16 Å². The van der Waals surface area contributed by atoms with E-state index in [2.05, 4.69) is 10.1 Å². The van der Waals surface area contributed by atoms with Crippen molar-refractivity contribution in [2.24, 2.45) is 0 Å². The van der Waals surface area contributed by atoms with Crippen molar-refractivity contribution in [1.82, 2.24) is 10.1 Å². The van der Waals surface area contributed by atoms with E-state index in [1.165, 1.54) is 0 Å². The van der Waals surface area contributed by atoms with Gasteiger partial charge in [0, 0.05) is 13.5 Å². The Balaban J connectivity index is 1.86. The smallest absolute Gasteiger partial charge is 0.237 e. The lowest BCUT2D eigenvalue weighted by Crippen LogP contribution is -2.26. The Morgan fingerprint density at radius 2 is 2.11 bits per heavy atom. The number of carbonyl (C=O) groups is 1. The van der Waals surface area contributed by atoms with Gasteiger partial charge in [-0.15, -0.1) is 0 Å². The van der Waals surface area contributed by atoms with Crippen molar-refractivity contribution in [3.8, 4) is 0 Å². The van der Waals surface area contributed by atoms with Crippen LogP contribution in [0.15, 0.2) is 4.52 Å². The molecule has 2 aliphatic rings. The fourth-order valence-corrected chi connectivity index (χ4v) is 3.10. The van der Waals surface area contributed by atoms with Crippen LogP contribution in [-0.2, 0) is 15.1 Å². The first-order valence-electron chi connectivity index (χ1n) is 6.67. The van der Waals surface area contributed by atoms with E-state index < -0.39 is 0 Å². The molecule has 5 heteroatoms. The van der Waals surface area contributed by atoms with Gasteiger partial charge in [0.2, 0.25) is 11.7 Å². The van der Waals surface area contributed by atoms with Crippen LogP contribution in [0.2, 0.25) is 0 Å². The third-order valence-electron chi connectivity index (χ3n) is 4.25. The van der Waals surface area contributed by atoms with Gasteiger partial charge in [0.05, 0.1) is 5.92 Å². The average Bonchev–Trinajstić information content (AvgIpc) is 3.08. The maximum Gasteiger partial charge on any atom is 0.237 e. The highest BCUT2D eigenvalue weighted by molar-refractivity contribution is 5.86. The average molecular weight is 250 g/mol. The molecule has 0 bridgehead atoms. The standard InChI is InChI=1S/C13H18N2O3/c1-17-13(7-2-3-8-13)12-14-11(18-15-12)9-5-4-6-10(9)16/h9H,2-8H2,1H3. The molecule has 0 spiro atoms. The first kappa shape index (κ1) is 11.8. The number of Topliss-reactive ketones (excluding diaryl/α,β-unsaturated/α-hetero) is 1. The van der Waals surface area contributed by atoms with Gasteiger partial charge in [0.1, 0.15) is 11.4 Å². The summed E-state index contributed by atoms with van der Waals surface area (Å²) in [5, 5.41) is 4.06. The molecule has 3 rings (SSSR count). The van der Waals surface area contributed by atoms with Crippen molar-refractivity contribution in [3.05, 3.63) is 11.7 Å². The number of methoxy groups -OCH3 is 1. The Hall–Kier alpha value is -1.23. The number of hydrogen-bond acceptors (Lipinski definition) is 5. The second-order valence-corrected chi connectivity index (χ2v) is 5.27. The van der Waals surface area contributed by atoms with Crippen molar-refractivity contribution in [2.45, 2.75) is 56.5 Å². The third-order valence-corrected chi connectivity index (χ3v) is 4.25. The van der Waals surface area contributed by atoms with Crippen LogP contribution in [-0.4, -0.2) is 23.0 Å². The number of ether oxygens (including phenoxy) is 1. The van der Waals surface area contributed by atoms with Gasteiger partial charge in [0.15, 0.2) is 0 Å². The van der Waals surface area contributed by atoms with Gasteiger partial charge in [0.25, 0.3) is 0 Å². The van der Waals surface area contributed by atoms with E-state index >= 15 is 0 Å². The summed E-state index contributed by atoms with van der Waals surface area (Å²) in [7, 11) is 1.70. The quantitative estimate of drug-likeness (QED) is 0.823. The zero-order chi connectivity index (χ0) is 12.6. The first-order chi connectivity index (χ1) is 8.75. The summed E-state index contributed by atoms with van der Waals surface area (Å²) in [5.41, 5.74) is -0.386. The predicted octanol–water partition coefficient (Wildman–Crippen LogP) is 2.32. The SMILES string of the molecule is COC1(c2noc(C3CCCC3=O)n2)CCCC1. The molecule has 18 heavy (non-hydrogen) atoms. The Labute approximate surface area is 106 Å². The summed E-state index contributed by atoms with van der Waals surface area (Å²) in [6, 6.07) is 0. The van der Waals surface area contributed by atoms with Crippen LogP contribution in [0.3, 0.4) is 0 Å². The lowest BCUT2D eigenvalue weighted by atomic mass is 10.0. The van der Waals surface area contributed by atoms with E-state index in [9.17, 15) is 4.79 Å². The van der Waals surface area contributed by atoms with Gasteiger partial charge >= 0.3 is 0 Å². The molecule has 0 amide bonds. The molecule has 1 unspecified atom stereocenters. The summed E-state index contributed by atoms with van der Waals surface area (Å²) in [5.74, 6) is 1.15. The molecule has 98 valence electrons. The van der Waals surface area contributed by atoms with Gasteiger partial charge in [-0.3, -0.25) is 4.79 Å². The van der Waals surface area contributed by atoms with Gasteiger partial charge in [-0.2, -0.15) is 4.98 Å². The van der Waals surface area contributed by atoms with Crippen LogP contribution in [0.1, 0.15) is 62.6 Å². The minimum Gasteiger partial charge on any atom is -0.370 e. The number of ketones is 1. The van der Waals surface area contributed by atoms with Gasteiger partial charge in [-0.05, 0) is 38.5 Å². The Bertz CT molecular complexity index is 449. The molecule has 2 saturated carbocycles. The highest BCUT2D eigenvalue weighted by Crippen LogP contribution is 2.41. The van der Waals surface area contributed by atoms with E-state index in [0.717, 1.165) is 38.5 Å². The molecule has 0 aromatic carbocycles. The normalized spacial score (nSPS) is 26.9. The number of carbonyl (C=O) groups excluding carboxylic acids is 1. The zero-order valence-electron chi connectivity index (χ0n) is 10.6. The van der Waals surface area contributed by atoms with E-state index in [1.54, 1.807) is 7.11 Å². The summed E-state index contributed by atoms with van der Waals surface area (Å²) < 4.78 is 10.9. The second kappa shape index (κ2) is 4.46. The fraction of sp³-hybridized carbons (Fsp3) is 0.769. The largest absolute Gasteiger partial charge is 0.370 e. The molecule has 2 fully saturated rings. The van der Waals surface area contributed by atoms with Crippen LogP contribution < -0.4 is 0 Å². The lowest BCUT2D eigenvalue weighted by Gasteiger charge is -2.22. The summed E-state index contributed by atoms with van der Waals surface area (Å²) >= 11 is 0. The topological polar surface area (TPSA) is 65.2 Å². The van der Waals surface area contributed by atoms with Crippen molar-refractivity contribution in [1.29, 1.82) is 0 Å². The summed E-state index contributed by atoms with van der Waals surface area (Å²) in [4.78, 5) is 16.1. The van der Waals surface area contributed by atoms with Gasteiger partial charge < -0.3 is 9.26 Å². The van der Waals surface area contributed by atoms with Gasteiger partial charge in [-0.25, -0.2) is 0 Å². The molecule has 1 aromatic rings. The number of hydrogen-bond donors (Lipinski definition) is 0. The van der Waals surface area contributed by atoms with Crippen molar-refractivity contribution >= 4 is 5.78 Å². The first-order valence-corrected chi connectivity index (χ1v) is 6.67. The third kappa shape index (κ3) is 1.77. The van der Waals surface area contributed by atoms with Crippen LogP contribution in [0.25, 0.3) is 0 Å². The van der Waals surface area contributed by atoms with Crippen LogP contribution in [0, 0.1) is 0 Å². The number of rotatable bonds is 3. The minimum atomic E-state index is -0.386. The van der Waals surface area contributed by atoms with Crippen LogP contribution in [0.4, 0.5) is 0 Å². The molecule has 0 saturated heterocycles. The molecular weight excluding hydrogens is 232 g/mol. The predicted molar refractivity (Wildman–Crippen MR) is 63.1 cm³/mol. The minimum absolute atomic E-state index is 0.179. The molecule has 0 N–H and O–H groups in total.